The van der Waals surface area contributed by atoms with Crippen molar-refractivity contribution >= 4 is 39.0 Å². The average molecular weight is 343 g/mol. The molecule has 0 unspecified atom stereocenters. The maximum atomic E-state index is 11.3. The largest absolute Gasteiger partial charge is 1.00 e. The molecule has 0 saturated carbocycles. The Morgan fingerprint density at radius 1 is 1.20 bits per heavy atom. The molecule has 2 N–H and O–H groups in total. The van der Waals surface area contributed by atoms with Gasteiger partial charge in [-0.05, 0) is 6.07 Å². The molecule has 0 radical (unpaired) electrons. The van der Waals surface area contributed by atoms with Crippen LogP contribution in [0.25, 0.3) is 11.4 Å². The van der Waals surface area contributed by atoms with Crippen molar-refractivity contribution in [2.24, 2.45) is 0 Å². The van der Waals surface area contributed by atoms with Crippen molar-refractivity contribution in [1.82, 2.24) is 15.0 Å². The van der Waals surface area contributed by atoms with Crippen LogP contribution in [0.2, 0.25) is 10.0 Å². The molecule has 1 aromatic heterocycles. The molecule has 0 aliphatic heterocycles. The fraction of sp³-hybridized carbons (Fsp3) is 0. The molecule has 0 saturated heterocycles. The molecule has 0 aliphatic rings. The Morgan fingerprint density at radius 3 is 2.25 bits per heavy atom. The topological polar surface area (TPSA) is 122 Å². The van der Waals surface area contributed by atoms with Gasteiger partial charge in [-0.15, -0.1) is 0 Å². The third-order valence-electron chi connectivity index (χ3n) is 2.20. The zero-order chi connectivity index (χ0) is 14.2. The second-order valence-corrected chi connectivity index (χ2v) is 5.51. The van der Waals surface area contributed by atoms with Crippen molar-refractivity contribution in [3.63, 3.8) is 0 Å². The number of halogens is 2. The van der Waals surface area contributed by atoms with Crippen molar-refractivity contribution in [2.75, 3.05) is 5.73 Å². The molecular weight excluding hydrogens is 338 g/mol. The van der Waals surface area contributed by atoms with Crippen LogP contribution in [0.5, 0.6) is 0 Å². The molecule has 0 fully saturated rings. The summed E-state index contributed by atoms with van der Waals surface area (Å²) in [5.74, 6) is -0.0854. The second kappa shape index (κ2) is 6.52. The molecule has 1 heterocycles. The van der Waals surface area contributed by atoms with Gasteiger partial charge in [0.2, 0.25) is 0 Å². The Bertz CT molecular complexity index is 743. The summed E-state index contributed by atoms with van der Waals surface area (Å²) in [4.78, 5) is 10.4. The van der Waals surface area contributed by atoms with Gasteiger partial charge in [-0.1, -0.05) is 23.2 Å². The van der Waals surface area contributed by atoms with Crippen molar-refractivity contribution < 1.29 is 42.5 Å². The van der Waals surface area contributed by atoms with E-state index in [2.05, 4.69) is 15.0 Å². The molecule has 2 aromatic rings. The minimum atomic E-state index is -4.82. The maximum Gasteiger partial charge on any atom is 1.00 e. The van der Waals surface area contributed by atoms with Crippen LogP contribution in [0, 0.1) is 0 Å². The number of benzene rings is 1. The van der Waals surface area contributed by atoms with E-state index in [0.29, 0.717) is 0 Å². The second-order valence-electron chi connectivity index (χ2n) is 3.38. The Kier molecular flexibility index (Phi) is 5.73. The predicted molar refractivity (Wildman–Crippen MR) is 67.7 cm³/mol. The van der Waals surface area contributed by atoms with Gasteiger partial charge in [0, 0.05) is 0 Å². The van der Waals surface area contributed by atoms with Crippen LogP contribution in [-0.4, -0.2) is 27.9 Å². The average Bonchev–Trinajstić information content (AvgIpc) is 2.35. The van der Waals surface area contributed by atoms with Gasteiger partial charge in [-0.3, -0.25) is 0 Å². The summed E-state index contributed by atoms with van der Waals surface area (Å²) in [6.07, 6.45) is 2.26. The van der Waals surface area contributed by atoms with Crippen LogP contribution in [0.4, 0.5) is 5.69 Å². The first-order chi connectivity index (χ1) is 8.82. The molecule has 100 valence electrons. The number of nitrogens with zero attached hydrogens (tertiary/aromatic N) is 3. The van der Waals surface area contributed by atoms with Crippen LogP contribution in [0.3, 0.4) is 0 Å². The normalized spacial score (nSPS) is 10.9. The molecule has 0 atom stereocenters. The summed E-state index contributed by atoms with van der Waals surface area (Å²) in [6, 6.07) is 0.921. The van der Waals surface area contributed by atoms with E-state index in [1.54, 1.807) is 0 Å². The van der Waals surface area contributed by atoms with E-state index in [1.807, 2.05) is 0 Å². The van der Waals surface area contributed by atoms with Crippen LogP contribution in [0.15, 0.2) is 23.6 Å². The minimum absolute atomic E-state index is 0. The maximum absolute atomic E-state index is 11.3. The summed E-state index contributed by atoms with van der Waals surface area (Å²) in [5.41, 5.74) is 5.34. The van der Waals surface area contributed by atoms with Gasteiger partial charge in [0.05, 0.1) is 26.2 Å². The number of rotatable bonds is 2. The van der Waals surface area contributed by atoms with Gasteiger partial charge < -0.3 is 10.3 Å². The van der Waals surface area contributed by atoms with E-state index in [9.17, 15) is 13.0 Å². The molecule has 2 rings (SSSR count). The van der Waals surface area contributed by atoms with Crippen molar-refractivity contribution in [1.29, 1.82) is 0 Å². The quantitative estimate of drug-likeness (QED) is 0.393. The predicted octanol–water partition coefficient (Wildman–Crippen LogP) is -1.66. The molecule has 0 spiro atoms. The number of hydrogen-bond donors (Lipinski definition) is 1. The van der Waals surface area contributed by atoms with E-state index in [-0.39, 0.29) is 56.7 Å². The molecule has 11 heteroatoms. The number of anilines is 1. The molecule has 20 heavy (non-hydrogen) atoms. The van der Waals surface area contributed by atoms with Gasteiger partial charge in [-0.2, -0.15) is 0 Å². The molecule has 7 nitrogen and oxygen atoms in total. The molecule has 0 amide bonds. The first-order valence-corrected chi connectivity index (χ1v) is 6.84. The monoisotopic (exact) mass is 342 g/mol. The summed E-state index contributed by atoms with van der Waals surface area (Å²) in [6.45, 7) is 0. The fourth-order valence-electron chi connectivity index (χ4n) is 1.39. The molecular formula is C9H5Cl2N4NaO3S. The SMILES string of the molecule is Nc1c(Cl)cc(S(=O)(=O)[O-])c(-c2ncncn2)c1Cl.[Na+]. The van der Waals surface area contributed by atoms with E-state index in [1.165, 1.54) is 0 Å². The zero-order valence-electron chi connectivity index (χ0n) is 10.0. The Hall–Kier alpha value is -0.480. The van der Waals surface area contributed by atoms with Crippen molar-refractivity contribution in [2.45, 2.75) is 4.90 Å². The van der Waals surface area contributed by atoms with Gasteiger partial charge in [-0.25, -0.2) is 23.4 Å². The van der Waals surface area contributed by atoms with Crippen LogP contribution in [0.1, 0.15) is 0 Å². The third-order valence-corrected chi connectivity index (χ3v) is 3.77. The standard InChI is InChI=1S/C9H6Cl2N4O3S.Na/c10-4-1-5(19(16,17)18)6(7(11)8(4)12)9-14-2-13-3-15-9;/h1-3H,12H2,(H,16,17,18);/q;+1/p-1. The van der Waals surface area contributed by atoms with E-state index in [0.717, 1.165) is 18.7 Å². The Labute approximate surface area is 146 Å². The van der Waals surface area contributed by atoms with Gasteiger partial charge in [0.25, 0.3) is 0 Å². The third kappa shape index (κ3) is 3.40. The van der Waals surface area contributed by atoms with Crippen molar-refractivity contribution in [3.05, 3.63) is 28.8 Å². The number of hydrogen-bond acceptors (Lipinski definition) is 7. The Morgan fingerprint density at radius 2 is 1.75 bits per heavy atom. The van der Waals surface area contributed by atoms with E-state index in [4.69, 9.17) is 28.9 Å². The van der Waals surface area contributed by atoms with Crippen LogP contribution in [-0.2, 0) is 10.1 Å². The smallest absolute Gasteiger partial charge is 0.744 e. The molecule has 0 bridgehead atoms. The summed E-state index contributed by atoms with van der Waals surface area (Å²) < 4.78 is 33.8. The number of aromatic nitrogens is 3. The number of nitrogen functional groups attached to an aromatic ring is 1. The Balaban J connectivity index is 0.00000200. The van der Waals surface area contributed by atoms with E-state index >= 15 is 0 Å². The van der Waals surface area contributed by atoms with Gasteiger partial charge in [0.15, 0.2) is 5.82 Å². The number of nitrogens with two attached hydrogens (primary N) is 1. The van der Waals surface area contributed by atoms with Crippen LogP contribution < -0.4 is 35.3 Å². The summed E-state index contributed by atoms with van der Waals surface area (Å²) in [5, 5.41) is -0.342. The van der Waals surface area contributed by atoms with Crippen molar-refractivity contribution in [3.8, 4) is 11.4 Å². The van der Waals surface area contributed by atoms with Gasteiger partial charge in [0.1, 0.15) is 22.8 Å². The summed E-state index contributed by atoms with van der Waals surface area (Å²) >= 11 is 11.6. The first-order valence-electron chi connectivity index (χ1n) is 4.68. The minimum Gasteiger partial charge on any atom is -0.744 e. The fourth-order valence-corrected chi connectivity index (χ4v) is 2.75. The molecule has 1 aromatic carbocycles. The summed E-state index contributed by atoms with van der Waals surface area (Å²) in [7, 11) is -4.82. The molecule has 0 aliphatic carbocycles. The van der Waals surface area contributed by atoms with Crippen LogP contribution >= 0.6 is 23.2 Å². The van der Waals surface area contributed by atoms with E-state index < -0.39 is 15.0 Å². The zero-order valence-corrected chi connectivity index (χ0v) is 14.4. The first kappa shape index (κ1) is 17.6. The van der Waals surface area contributed by atoms with Gasteiger partial charge >= 0.3 is 29.6 Å².